The van der Waals surface area contributed by atoms with Gasteiger partial charge in [0.25, 0.3) is 5.91 Å². The van der Waals surface area contributed by atoms with Gasteiger partial charge in [0.05, 0.1) is 18.1 Å². The molecule has 124 valence electrons. The van der Waals surface area contributed by atoms with Gasteiger partial charge in [0.2, 0.25) is 5.67 Å². The van der Waals surface area contributed by atoms with Crippen LogP contribution in [0.15, 0.2) is 18.2 Å². The number of amides is 1. The molecule has 2 rings (SSSR count). The van der Waals surface area contributed by atoms with Crippen molar-refractivity contribution in [3.05, 3.63) is 33.9 Å². The molecule has 1 amide bonds. The summed E-state index contributed by atoms with van der Waals surface area (Å²) in [4.78, 5) is 34.6. The molecule has 0 saturated carbocycles. The standard InChI is InChI=1S/C14H15FN2O6/c1-2-23-11-4-3-9(7-10(11)17(21)22)12(18)16-6-5-14(15,8-16)13(19)20/h3-4,7H,2,5-6,8H2,1H3,(H,19,20). The molecule has 1 aliphatic heterocycles. The average molecular weight is 326 g/mol. The monoisotopic (exact) mass is 326 g/mol. The van der Waals surface area contributed by atoms with Crippen molar-refractivity contribution in [3.63, 3.8) is 0 Å². The van der Waals surface area contributed by atoms with Crippen molar-refractivity contribution in [2.75, 3.05) is 19.7 Å². The van der Waals surface area contributed by atoms with E-state index in [9.17, 15) is 24.1 Å². The molecule has 0 spiro atoms. The Morgan fingerprint density at radius 3 is 2.74 bits per heavy atom. The molecule has 1 aliphatic rings. The molecule has 0 bridgehead atoms. The van der Waals surface area contributed by atoms with E-state index in [1.54, 1.807) is 6.92 Å². The Labute approximate surface area is 130 Å². The maximum atomic E-state index is 14.0. The lowest BCUT2D eigenvalue weighted by Crippen LogP contribution is -2.38. The molecule has 1 atom stereocenters. The molecule has 1 fully saturated rings. The maximum absolute atomic E-state index is 14.0. The number of benzene rings is 1. The molecule has 1 N–H and O–H groups in total. The lowest BCUT2D eigenvalue weighted by atomic mass is 10.1. The first-order valence-electron chi connectivity index (χ1n) is 6.91. The highest BCUT2D eigenvalue weighted by molar-refractivity contribution is 5.96. The first kappa shape index (κ1) is 16.7. The number of aliphatic carboxylic acids is 1. The van der Waals surface area contributed by atoms with Crippen molar-refractivity contribution < 1.29 is 28.7 Å². The highest BCUT2D eigenvalue weighted by Crippen LogP contribution is 2.31. The number of carboxylic acids is 1. The number of rotatable bonds is 5. The molecule has 1 unspecified atom stereocenters. The highest BCUT2D eigenvalue weighted by Gasteiger charge is 2.47. The number of hydrogen-bond acceptors (Lipinski definition) is 5. The Balaban J connectivity index is 2.25. The molecule has 8 nitrogen and oxygen atoms in total. The van der Waals surface area contributed by atoms with E-state index in [0.29, 0.717) is 0 Å². The van der Waals surface area contributed by atoms with Crippen molar-refractivity contribution in [1.82, 2.24) is 4.90 Å². The Morgan fingerprint density at radius 1 is 1.52 bits per heavy atom. The van der Waals surface area contributed by atoms with Crippen LogP contribution in [0.2, 0.25) is 0 Å². The number of nitro groups is 1. The van der Waals surface area contributed by atoms with Crippen molar-refractivity contribution >= 4 is 17.6 Å². The van der Waals surface area contributed by atoms with Crippen LogP contribution in [-0.2, 0) is 4.79 Å². The fourth-order valence-corrected chi connectivity index (χ4v) is 2.37. The number of carbonyl (C=O) groups is 2. The third-order valence-electron chi connectivity index (χ3n) is 3.59. The van der Waals surface area contributed by atoms with Gasteiger partial charge in [0.1, 0.15) is 0 Å². The number of carbonyl (C=O) groups excluding carboxylic acids is 1. The van der Waals surface area contributed by atoms with Gasteiger partial charge >= 0.3 is 11.7 Å². The van der Waals surface area contributed by atoms with Crippen LogP contribution in [0.5, 0.6) is 5.75 Å². The summed E-state index contributed by atoms with van der Waals surface area (Å²) in [6.07, 6.45) is -0.312. The molecular weight excluding hydrogens is 311 g/mol. The van der Waals surface area contributed by atoms with Crippen molar-refractivity contribution in [2.45, 2.75) is 19.0 Å². The van der Waals surface area contributed by atoms with Crippen LogP contribution in [0.4, 0.5) is 10.1 Å². The summed E-state index contributed by atoms with van der Waals surface area (Å²) in [6, 6.07) is 3.68. The van der Waals surface area contributed by atoms with Crippen LogP contribution in [0.25, 0.3) is 0 Å². The van der Waals surface area contributed by atoms with E-state index >= 15 is 0 Å². The van der Waals surface area contributed by atoms with Gasteiger partial charge in [-0.1, -0.05) is 0 Å². The van der Waals surface area contributed by atoms with Crippen LogP contribution in [0.3, 0.4) is 0 Å². The molecule has 9 heteroatoms. The van der Waals surface area contributed by atoms with E-state index < -0.39 is 29.0 Å². The number of nitro benzene ring substituents is 1. The summed E-state index contributed by atoms with van der Waals surface area (Å²) in [5.41, 5.74) is -2.87. The first-order chi connectivity index (χ1) is 10.8. The second-order valence-corrected chi connectivity index (χ2v) is 5.12. The SMILES string of the molecule is CCOc1ccc(C(=O)N2CCC(F)(C(=O)O)C2)cc1[N+](=O)[O-]. The van der Waals surface area contributed by atoms with Gasteiger partial charge < -0.3 is 14.7 Å². The molecule has 0 aliphatic carbocycles. The topological polar surface area (TPSA) is 110 Å². The number of alkyl halides is 1. The predicted octanol–water partition coefficient (Wildman–Crippen LogP) is 1.63. The summed E-state index contributed by atoms with van der Waals surface area (Å²) >= 11 is 0. The molecule has 0 radical (unpaired) electrons. The minimum absolute atomic E-state index is 0.0187. The average Bonchev–Trinajstić information content (AvgIpc) is 2.91. The number of carboxylic acid groups (broad SMARTS) is 1. The van der Waals surface area contributed by atoms with Crippen molar-refractivity contribution in [1.29, 1.82) is 0 Å². The van der Waals surface area contributed by atoms with E-state index in [2.05, 4.69) is 0 Å². The molecule has 1 saturated heterocycles. The lowest BCUT2D eigenvalue weighted by Gasteiger charge is -2.18. The van der Waals surface area contributed by atoms with Crippen molar-refractivity contribution in [3.8, 4) is 5.75 Å². The van der Waals surface area contributed by atoms with Gasteiger partial charge in [-0.2, -0.15) is 0 Å². The van der Waals surface area contributed by atoms with Crippen LogP contribution in [0.1, 0.15) is 23.7 Å². The zero-order valence-electron chi connectivity index (χ0n) is 12.3. The molecule has 1 aromatic carbocycles. The zero-order valence-corrected chi connectivity index (χ0v) is 12.3. The number of nitrogens with zero attached hydrogens (tertiary/aromatic N) is 2. The van der Waals surface area contributed by atoms with Gasteiger partial charge in [-0.05, 0) is 19.1 Å². The fraction of sp³-hybridized carbons (Fsp3) is 0.429. The van der Waals surface area contributed by atoms with E-state index in [0.717, 1.165) is 11.0 Å². The van der Waals surface area contributed by atoms with Crippen LogP contribution < -0.4 is 4.74 Å². The van der Waals surface area contributed by atoms with E-state index in [1.807, 2.05) is 0 Å². The van der Waals surface area contributed by atoms with E-state index in [-0.39, 0.29) is 36.6 Å². The Morgan fingerprint density at radius 2 is 2.22 bits per heavy atom. The largest absolute Gasteiger partial charge is 0.487 e. The van der Waals surface area contributed by atoms with Crippen molar-refractivity contribution in [2.24, 2.45) is 0 Å². The van der Waals surface area contributed by atoms with E-state index in [4.69, 9.17) is 9.84 Å². The minimum Gasteiger partial charge on any atom is -0.487 e. The van der Waals surface area contributed by atoms with Gasteiger partial charge in [-0.3, -0.25) is 14.9 Å². The normalized spacial score (nSPS) is 20.3. The van der Waals surface area contributed by atoms with E-state index in [1.165, 1.54) is 12.1 Å². The number of hydrogen-bond donors (Lipinski definition) is 1. The molecule has 0 aromatic heterocycles. The summed E-state index contributed by atoms with van der Waals surface area (Å²) in [7, 11) is 0. The smallest absolute Gasteiger partial charge is 0.343 e. The Bertz CT molecular complexity index is 665. The van der Waals surface area contributed by atoms with Gasteiger partial charge in [0, 0.05) is 24.6 Å². The third-order valence-corrected chi connectivity index (χ3v) is 3.59. The minimum atomic E-state index is -2.48. The fourth-order valence-electron chi connectivity index (χ4n) is 2.37. The second kappa shape index (κ2) is 6.19. The molecular formula is C14H15FN2O6. The highest BCUT2D eigenvalue weighted by atomic mass is 19.1. The predicted molar refractivity (Wildman–Crippen MR) is 76.3 cm³/mol. The van der Waals surface area contributed by atoms with Gasteiger partial charge in [-0.25, -0.2) is 9.18 Å². The number of halogens is 1. The number of ether oxygens (including phenoxy) is 1. The maximum Gasteiger partial charge on any atom is 0.343 e. The second-order valence-electron chi connectivity index (χ2n) is 5.12. The third kappa shape index (κ3) is 3.22. The lowest BCUT2D eigenvalue weighted by molar-refractivity contribution is -0.385. The first-order valence-corrected chi connectivity index (χ1v) is 6.91. The van der Waals surface area contributed by atoms with Gasteiger partial charge in [-0.15, -0.1) is 0 Å². The quantitative estimate of drug-likeness (QED) is 0.650. The van der Waals surface area contributed by atoms with Gasteiger partial charge in [0.15, 0.2) is 5.75 Å². The Kier molecular flexibility index (Phi) is 4.48. The summed E-state index contributed by atoms with van der Waals surface area (Å²) < 4.78 is 19.1. The number of likely N-dealkylation sites (tertiary alicyclic amines) is 1. The molecule has 23 heavy (non-hydrogen) atoms. The Hall–Kier alpha value is -2.71. The van der Waals surface area contributed by atoms with Crippen LogP contribution >= 0.6 is 0 Å². The van der Waals surface area contributed by atoms with Crippen LogP contribution in [-0.4, -0.2) is 52.2 Å². The summed E-state index contributed by atoms with van der Waals surface area (Å²) in [5.74, 6) is -2.25. The summed E-state index contributed by atoms with van der Waals surface area (Å²) in [6.45, 7) is 1.24. The molecule has 1 heterocycles. The van der Waals surface area contributed by atoms with Crippen LogP contribution in [0, 0.1) is 10.1 Å². The summed E-state index contributed by atoms with van der Waals surface area (Å²) in [5, 5.41) is 19.9. The molecule has 1 aromatic rings. The zero-order chi connectivity index (χ0) is 17.2.